The number of guanidine groups is 1. The quantitative estimate of drug-likeness (QED) is 0.578. The Morgan fingerprint density at radius 1 is 1.36 bits per heavy atom. The summed E-state index contributed by atoms with van der Waals surface area (Å²) in [5.74, 6) is 2.49. The largest absolute Gasteiger partial charge is 0.355 e. The van der Waals surface area contributed by atoms with E-state index in [4.69, 9.17) is 0 Å². The van der Waals surface area contributed by atoms with Gasteiger partial charge in [0.25, 0.3) is 0 Å². The molecular weight excluding hydrogens is 340 g/mol. The molecule has 1 fully saturated rings. The fraction of sp³-hybridized carbons (Fsp3) is 0.615. The Kier molecular flexibility index (Phi) is 7.00. The normalized spacial score (nSPS) is 17.4. The summed E-state index contributed by atoms with van der Waals surface area (Å²) in [4.78, 5) is 5.32. The van der Waals surface area contributed by atoms with Crippen molar-refractivity contribution in [3.05, 3.63) is 22.4 Å². The smallest absolute Gasteiger partial charge is 0.215 e. The molecule has 2 rings (SSSR count). The highest BCUT2D eigenvalue weighted by atomic mass is 32.2. The molecule has 1 saturated heterocycles. The number of hydrogen-bond acceptors (Lipinski definition) is 5. The summed E-state index contributed by atoms with van der Waals surface area (Å²) in [6.07, 6.45) is 0. The average molecular weight is 363 g/mol. The summed E-state index contributed by atoms with van der Waals surface area (Å²) in [6, 6.07) is 4.05. The maximum absolute atomic E-state index is 12.2. The molecule has 0 atom stereocenters. The first-order valence-corrected chi connectivity index (χ1v) is 10.8. The lowest BCUT2D eigenvalue weighted by molar-refractivity contribution is 0.443. The maximum atomic E-state index is 12.2. The Morgan fingerprint density at radius 2 is 2.14 bits per heavy atom. The van der Waals surface area contributed by atoms with Gasteiger partial charge in [0.05, 0.1) is 12.3 Å². The summed E-state index contributed by atoms with van der Waals surface area (Å²) in [5, 5.41) is 8.26. The lowest BCUT2D eigenvalue weighted by Crippen LogP contribution is -2.44. The van der Waals surface area contributed by atoms with E-state index < -0.39 is 10.0 Å². The van der Waals surface area contributed by atoms with Crippen LogP contribution in [0.15, 0.2) is 22.5 Å². The van der Waals surface area contributed by atoms with Crippen LogP contribution in [-0.4, -0.2) is 62.6 Å². The highest BCUT2D eigenvalue weighted by molar-refractivity contribution is 7.99. The number of rotatable bonds is 6. The first-order chi connectivity index (χ1) is 10.6. The minimum Gasteiger partial charge on any atom is -0.355 e. The fourth-order valence-electron chi connectivity index (χ4n) is 2.06. The maximum Gasteiger partial charge on any atom is 0.215 e. The molecule has 2 N–H and O–H groups in total. The number of hydrogen-bond donors (Lipinski definition) is 2. The SMILES string of the molecule is CN=C(NCCS(=O)(=O)N1CCSCC1)NCc1cccs1. The van der Waals surface area contributed by atoms with Crippen LogP contribution in [0, 0.1) is 0 Å². The summed E-state index contributed by atoms with van der Waals surface area (Å²) in [7, 11) is -1.49. The molecule has 0 saturated carbocycles. The van der Waals surface area contributed by atoms with Gasteiger partial charge in [-0.25, -0.2) is 12.7 Å². The molecule has 2 heterocycles. The Bertz CT molecular complexity index is 566. The van der Waals surface area contributed by atoms with Gasteiger partial charge in [-0.2, -0.15) is 11.8 Å². The van der Waals surface area contributed by atoms with Gasteiger partial charge in [-0.1, -0.05) is 6.07 Å². The van der Waals surface area contributed by atoms with Crippen LogP contribution in [0.3, 0.4) is 0 Å². The van der Waals surface area contributed by atoms with Crippen molar-refractivity contribution in [2.45, 2.75) is 6.54 Å². The Morgan fingerprint density at radius 3 is 2.77 bits per heavy atom. The van der Waals surface area contributed by atoms with E-state index in [0.717, 1.165) is 11.5 Å². The van der Waals surface area contributed by atoms with Crippen LogP contribution in [0.25, 0.3) is 0 Å². The first-order valence-electron chi connectivity index (χ1n) is 7.14. The van der Waals surface area contributed by atoms with Crippen LogP contribution < -0.4 is 10.6 Å². The second-order valence-electron chi connectivity index (χ2n) is 4.76. The van der Waals surface area contributed by atoms with E-state index in [0.29, 0.717) is 32.1 Å². The zero-order chi connectivity index (χ0) is 15.8. The first kappa shape index (κ1) is 17.6. The molecule has 6 nitrogen and oxygen atoms in total. The van der Waals surface area contributed by atoms with Gasteiger partial charge in [0.15, 0.2) is 5.96 Å². The third-order valence-electron chi connectivity index (χ3n) is 3.25. The minimum absolute atomic E-state index is 0.0946. The van der Waals surface area contributed by atoms with E-state index in [1.54, 1.807) is 34.5 Å². The highest BCUT2D eigenvalue weighted by Gasteiger charge is 2.23. The van der Waals surface area contributed by atoms with Gasteiger partial charge < -0.3 is 10.6 Å². The zero-order valence-corrected chi connectivity index (χ0v) is 15.1. The van der Waals surface area contributed by atoms with Gasteiger partial charge in [0.2, 0.25) is 10.0 Å². The lowest BCUT2D eigenvalue weighted by atomic mass is 10.5. The number of sulfonamides is 1. The van der Waals surface area contributed by atoms with Crippen LogP contribution in [0.4, 0.5) is 0 Å². The molecule has 0 unspecified atom stereocenters. The van der Waals surface area contributed by atoms with E-state index in [9.17, 15) is 8.42 Å². The lowest BCUT2D eigenvalue weighted by Gasteiger charge is -2.25. The molecule has 0 bridgehead atoms. The second kappa shape index (κ2) is 8.76. The van der Waals surface area contributed by atoms with Crippen molar-refractivity contribution in [3.63, 3.8) is 0 Å². The molecule has 1 aliphatic heterocycles. The monoisotopic (exact) mass is 362 g/mol. The summed E-state index contributed by atoms with van der Waals surface area (Å²) >= 11 is 3.47. The molecule has 9 heteroatoms. The van der Waals surface area contributed by atoms with Gasteiger partial charge in [0, 0.05) is 43.1 Å². The van der Waals surface area contributed by atoms with Crippen LogP contribution in [-0.2, 0) is 16.6 Å². The van der Waals surface area contributed by atoms with E-state index in [1.807, 2.05) is 17.5 Å². The predicted octanol–water partition coefficient (Wildman–Crippen LogP) is 0.792. The van der Waals surface area contributed by atoms with Gasteiger partial charge in [-0.3, -0.25) is 4.99 Å². The van der Waals surface area contributed by atoms with E-state index in [1.165, 1.54) is 4.88 Å². The zero-order valence-electron chi connectivity index (χ0n) is 12.6. The molecule has 0 radical (unpaired) electrons. The molecule has 0 aliphatic carbocycles. The van der Waals surface area contributed by atoms with Crippen LogP contribution in [0.2, 0.25) is 0 Å². The molecule has 124 valence electrons. The van der Waals surface area contributed by atoms with Crippen molar-refractivity contribution in [2.75, 3.05) is 43.9 Å². The van der Waals surface area contributed by atoms with E-state index >= 15 is 0 Å². The molecule has 0 aromatic carbocycles. The number of nitrogens with one attached hydrogen (secondary N) is 2. The fourth-order valence-corrected chi connectivity index (χ4v) is 5.19. The van der Waals surface area contributed by atoms with Crippen LogP contribution in [0.1, 0.15) is 4.88 Å². The Labute approximate surface area is 140 Å². The summed E-state index contributed by atoms with van der Waals surface area (Å²) < 4.78 is 26.0. The van der Waals surface area contributed by atoms with E-state index in [2.05, 4.69) is 15.6 Å². The van der Waals surface area contributed by atoms with Crippen LogP contribution >= 0.6 is 23.1 Å². The van der Waals surface area contributed by atoms with Gasteiger partial charge in [-0.05, 0) is 11.4 Å². The molecule has 0 spiro atoms. The molecule has 22 heavy (non-hydrogen) atoms. The molecule has 0 amide bonds. The van der Waals surface area contributed by atoms with Crippen molar-refractivity contribution in [2.24, 2.45) is 4.99 Å². The van der Waals surface area contributed by atoms with Gasteiger partial charge in [0.1, 0.15) is 0 Å². The second-order valence-corrected chi connectivity index (χ2v) is 9.10. The third-order valence-corrected chi connectivity index (χ3v) is 6.94. The molecule has 1 aromatic rings. The molecule has 1 aliphatic rings. The molecule has 1 aromatic heterocycles. The summed E-state index contributed by atoms with van der Waals surface area (Å²) in [6.45, 7) is 2.29. The van der Waals surface area contributed by atoms with Crippen LogP contribution in [0.5, 0.6) is 0 Å². The Balaban J connectivity index is 1.73. The predicted molar refractivity (Wildman–Crippen MR) is 95.2 cm³/mol. The standard InChI is InChI=1S/C13H22N4O2S3/c1-14-13(16-11-12-3-2-7-21-12)15-4-10-22(18,19)17-5-8-20-9-6-17/h2-3,7H,4-6,8-11H2,1H3,(H2,14,15,16). The van der Waals surface area contributed by atoms with Crippen molar-refractivity contribution in [1.82, 2.24) is 14.9 Å². The Hall–Kier alpha value is -0.770. The van der Waals surface area contributed by atoms with Gasteiger partial charge in [-0.15, -0.1) is 11.3 Å². The highest BCUT2D eigenvalue weighted by Crippen LogP contribution is 2.13. The van der Waals surface area contributed by atoms with E-state index in [-0.39, 0.29) is 5.75 Å². The van der Waals surface area contributed by atoms with Crippen molar-refractivity contribution >= 4 is 39.1 Å². The number of thiophene rings is 1. The number of aliphatic imine (C=N–C) groups is 1. The number of nitrogens with zero attached hydrogens (tertiary/aromatic N) is 2. The van der Waals surface area contributed by atoms with Crippen molar-refractivity contribution in [3.8, 4) is 0 Å². The van der Waals surface area contributed by atoms with Crippen molar-refractivity contribution in [1.29, 1.82) is 0 Å². The van der Waals surface area contributed by atoms with Crippen molar-refractivity contribution < 1.29 is 8.42 Å². The summed E-state index contributed by atoms with van der Waals surface area (Å²) in [5.41, 5.74) is 0. The van der Waals surface area contributed by atoms with Gasteiger partial charge >= 0.3 is 0 Å². The number of thioether (sulfide) groups is 1. The average Bonchev–Trinajstić information content (AvgIpc) is 3.05. The third kappa shape index (κ3) is 5.45. The minimum atomic E-state index is -3.17. The molecular formula is C13H22N4O2S3. The topological polar surface area (TPSA) is 73.8 Å².